The van der Waals surface area contributed by atoms with Crippen molar-refractivity contribution in [2.75, 3.05) is 18.0 Å². The summed E-state index contributed by atoms with van der Waals surface area (Å²) in [5.74, 6) is 0. The maximum Gasteiger partial charge on any atom is 0.152 e. The van der Waals surface area contributed by atoms with E-state index in [1.54, 1.807) is 0 Å². The van der Waals surface area contributed by atoms with Gasteiger partial charge in [0.2, 0.25) is 0 Å². The molecular weight excluding hydrogens is 294 g/mol. The lowest BCUT2D eigenvalue weighted by Gasteiger charge is -2.25. The van der Waals surface area contributed by atoms with Crippen molar-refractivity contribution in [2.45, 2.75) is 31.8 Å². The fourth-order valence-corrected chi connectivity index (χ4v) is 2.74. The van der Waals surface area contributed by atoms with Gasteiger partial charge in [0, 0.05) is 28.8 Å². The second-order valence-corrected chi connectivity index (χ2v) is 6.07. The summed E-state index contributed by atoms with van der Waals surface area (Å²) in [4.78, 5) is 13.3. The van der Waals surface area contributed by atoms with Crippen molar-refractivity contribution < 1.29 is 9.90 Å². The predicted molar refractivity (Wildman–Crippen MR) is 76.2 cm³/mol. The highest BCUT2D eigenvalue weighted by Crippen LogP contribution is 2.29. The Hall–Kier alpha value is -0.870. The summed E-state index contributed by atoms with van der Waals surface area (Å²) in [6, 6.07) is 5.68. The molecule has 3 nitrogen and oxygen atoms in total. The van der Waals surface area contributed by atoms with E-state index in [9.17, 15) is 9.90 Å². The number of aliphatic hydroxyl groups is 1. The molecule has 1 saturated heterocycles. The third-order valence-electron chi connectivity index (χ3n) is 3.52. The molecule has 1 N–H and O–H groups in total. The van der Waals surface area contributed by atoms with Crippen LogP contribution in [0.4, 0.5) is 5.69 Å². The molecular formula is C14H18BrNO2. The van der Waals surface area contributed by atoms with Crippen LogP contribution in [0, 0.1) is 0 Å². The van der Waals surface area contributed by atoms with Crippen LogP contribution in [0.3, 0.4) is 0 Å². The minimum absolute atomic E-state index is 0.581. The number of aldehydes is 1. The highest BCUT2D eigenvalue weighted by molar-refractivity contribution is 9.10. The molecule has 1 aliphatic heterocycles. The largest absolute Gasteiger partial charge is 0.390 e. The van der Waals surface area contributed by atoms with Crippen molar-refractivity contribution in [1.82, 2.24) is 0 Å². The van der Waals surface area contributed by atoms with Crippen LogP contribution < -0.4 is 4.90 Å². The van der Waals surface area contributed by atoms with Crippen LogP contribution in [0.1, 0.15) is 36.5 Å². The Morgan fingerprint density at radius 3 is 2.89 bits per heavy atom. The molecule has 1 aliphatic rings. The number of carbonyl (C=O) groups excluding carboxylic acids is 1. The number of anilines is 1. The summed E-state index contributed by atoms with van der Waals surface area (Å²) in [5, 5.41) is 10.1. The molecule has 1 aromatic carbocycles. The van der Waals surface area contributed by atoms with Gasteiger partial charge < -0.3 is 10.0 Å². The molecule has 1 aromatic rings. The highest BCUT2D eigenvalue weighted by Gasteiger charge is 2.25. The monoisotopic (exact) mass is 311 g/mol. The topological polar surface area (TPSA) is 40.5 Å². The molecule has 1 atom stereocenters. The van der Waals surface area contributed by atoms with Crippen molar-refractivity contribution in [3.8, 4) is 0 Å². The van der Waals surface area contributed by atoms with Crippen LogP contribution in [0.25, 0.3) is 0 Å². The van der Waals surface area contributed by atoms with Crippen LogP contribution in [-0.4, -0.2) is 30.1 Å². The molecule has 18 heavy (non-hydrogen) atoms. The second-order valence-electron chi connectivity index (χ2n) is 5.16. The fourth-order valence-electron chi connectivity index (χ4n) is 2.39. The summed E-state index contributed by atoms with van der Waals surface area (Å²) in [5.41, 5.74) is 1.08. The van der Waals surface area contributed by atoms with E-state index in [0.29, 0.717) is 5.56 Å². The van der Waals surface area contributed by atoms with E-state index in [4.69, 9.17) is 0 Å². The summed E-state index contributed by atoms with van der Waals surface area (Å²) in [6.45, 7) is 3.55. The molecule has 0 saturated carbocycles. The van der Waals surface area contributed by atoms with E-state index >= 15 is 0 Å². The molecule has 0 aliphatic carbocycles. The van der Waals surface area contributed by atoms with Gasteiger partial charge in [0.15, 0.2) is 6.29 Å². The number of hydrogen-bond acceptors (Lipinski definition) is 3. The number of benzene rings is 1. The first kappa shape index (κ1) is 13.6. The zero-order valence-electron chi connectivity index (χ0n) is 10.5. The van der Waals surface area contributed by atoms with Crippen molar-refractivity contribution in [1.29, 1.82) is 0 Å². The van der Waals surface area contributed by atoms with Gasteiger partial charge in [-0.2, -0.15) is 0 Å². The van der Waals surface area contributed by atoms with Gasteiger partial charge in [0.1, 0.15) is 0 Å². The standard InChI is InChI=1S/C14H18BrNO2/c1-14(18)5-2-7-16(8-6-14)13-9-12(15)4-3-11(13)10-17/h3-4,9-10,18H,2,5-8H2,1H3. The molecule has 0 bridgehead atoms. The minimum atomic E-state index is -0.581. The zero-order chi connectivity index (χ0) is 13.2. The highest BCUT2D eigenvalue weighted by atomic mass is 79.9. The smallest absolute Gasteiger partial charge is 0.152 e. The lowest BCUT2D eigenvalue weighted by Crippen LogP contribution is -2.28. The Bertz CT molecular complexity index is 445. The van der Waals surface area contributed by atoms with E-state index in [0.717, 1.165) is 48.8 Å². The van der Waals surface area contributed by atoms with E-state index in [-0.39, 0.29) is 0 Å². The van der Waals surface area contributed by atoms with Crippen LogP contribution >= 0.6 is 15.9 Å². The van der Waals surface area contributed by atoms with Gasteiger partial charge in [-0.15, -0.1) is 0 Å². The third-order valence-corrected chi connectivity index (χ3v) is 4.02. The number of halogens is 1. The predicted octanol–water partition coefficient (Wildman–Crippen LogP) is 3.00. The zero-order valence-corrected chi connectivity index (χ0v) is 12.1. The van der Waals surface area contributed by atoms with Crippen LogP contribution in [0.2, 0.25) is 0 Å². The maximum absolute atomic E-state index is 11.1. The summed E-state index contributed by atoms with van der Waals surface area (Å²) in [7, 11) is 0. The van der Waals surface area contributed by atoms with Gasteiger partial charge in [0.05, 0.1) is 5.60 Å². The summed E-state index contributed by atoms with van der Waals surface area (Å²) in [6.07, 6.45) is 3.38. The van der Waals surface area contributed by atoms with Crippen molar-refractivity contribution in [2.24, 2.45) is 0 Å². The molecule has 0 spiro atoms. The third kappa shape index (κ3) is 3.12. The lowest BCUT2D eigenvalue weighted by atomic mass is 9.98. The molecule has 0 radical (unpaired) electrons. The summed E-state index contributed by atoms with van der Waals surface area (Å²) >= 11 is 3.44. The number of carbonyl (C=O) groups is 1. The van der Waals surface area contributed by atoms with Gasteiger partial charge in [-0.25, -0.2) is 0 Å². The van der Waals surface area contributed by atoms with Crippen LogP contribution in [-0.2, 0) is 0 Å². The average Bonchev–Trinajstić information content (AvgIpc) is 2.50. The Morgan fingerprint density at radius 1 is 1.39 bits per heavy atom. The fraction of sp³-hybridized carbons (Fsp3) is 0.500. The quantitative estimate of drug-likeness (QED) is 0.854. The average molecular weight is 312 g/mol. The normalized spacial score (nSPS) is 24.7. The first-order valence-corrected chi connectivity index (χ1v) is 7.03. The first-order chi connectivity index (χ1) is 8.52. The van der Waals surface area contributed by atoms with Gasteiger partial charge in [-0.3, -0.25) is 4.79 Å². The van der Waals surface area contributed by atoms with E-state index < -0.39 is 5.60 Å². The van der Waals surface area contributed by atoms with E-state index in [2.05, 4.69) is 20.8 Å². The Balaban J connectivity index is 2.25. The molecule has 4 heteroatoms. The number of rotatable bonds is 2. The van der Waals surface area contributed by atoms with Gasteiger partial charge in [-0.05, 0) is 44.4 Å². The summed E-state index contributed by atoms with van der Waals surface area (Å²) < 4.78 is 0.971. The number of nitrogens with zero attached hydrogens (tertiary/aromatic N) is 1. The molecule has 1 fully saturated rings. The van der Waals surface area contributed by atoms with Gasteiger partial charge in [0.25, 0.3) is 0 Å². The Morgan fingerprint density at radius 2 is 2.17 bits per heavy atom. The Kier molecular flexibility index (Phi) is 4.07. The SMILES string of the molecule is CC1(O)CCCN(c2cc(Br)ccc2C=O)CC1. The molecule has 98 valence electrons. The van der Waals surface area contributed by atoms with Crippen molar-refractivity contribution in [3.05, 3.63) is 28.2 Å². The Labute approximate surface area is 116 Å². The van der Waals surface area contributed by atoms with Crippen LogP contribution in [0.15, 0.2) is 22.7 Å². The number of hydrogen-bond donors (Lipinski definition) is 1. The second kappa shape index (κ2) is 5.41. The minimum Gasteiger partial charge on any atom is -0.390 e. The van der Waals surface area contributed by atoms with E-state index in [1.165, 1.54) is 0 Å². The van der Waals surface area contributed by atoms with Crippen molar-refractivity contribution in [3.63, 3.8) is 0 Å². The van der Waals surface area contributed by atoms with Gasteiger partial charge in [-0.1, -0.05) is 15.9 Å². The molecule has 0 aromatic heterocycles. The van der Waals surface area contributed by atoms with Crippen molar-refractivity contribution >= 4 is 27.9 Å². The molecule has 0 amide bonds. The van der Waals surface area contributed by atoms with Gasteiger partial charge >= 0.3 is 0 Å². The first-order valence-electron chi connectivity index (χ1n) is 6.24. The molecule has 1 unspecified atom stereocenters. The lowest BCUT2D eigenvalue weighted by molar-refractivity contribution is 0.0481. The van der Waals surface area contributed by atoms with Crippen LogP contribution in [0.5, 0.6) is 0 Å². The molecule has 2 rings (SSSR count). The maximum atomic E-state index is 11.1. The molecule has 1 heterocycles. The van der Waals surface area contributed by atoms with E-state index in [1.807, 2.05) is 25.1 Å².